The van der Waals surface area contributed by atoms with Crippen LogP contribution in [0.25, 0.3) is 0 Å². The summed E-state index contributed by atoms with van der Waals surface area (Å²) in [7, 11) is 0. The number of benzene rings is 2. The third kappa shape index (κ3) is 9.04. The van der Waals surface area contributed by atoms with Crippen LogP contribution in [0.1, 0.15) is 58.1 Å². The molecule has 0 radical (unpaired) electrons. The summed E-state index contributed by atoms with van der Waals surface area (Å²) in [5.74, 6) is 0.136. The highest BCUT2D eigenvalue weighted by Gasteiger charge is 2.44. The molecule has 2 aromatic carbocycles. The first kappa shape index (κ1) is 30.6. The molecule has 1 aliphatic carbocycles. The molecule has 2 aromatic rings. The number of ether oxygens (including phenoxy) is 2. The number of allylic oxidation sites excluding steroid dienone is 1. The molecule has 0 heterocycles. The lowest BCUT2D eigenvalue weighted by molar-refractivity contribution is -0.132. The predicted octanol–water partition coefficient (Wildman–Crippen LogP) is 5.87. The minimum atomic E-state index is -0.312. The van der Waals surface area contributed by atoms with Crippen LogP contribution in [0.5, 0.6) is 0 Å². The fourth-order valence-electron chi connectivity index (χ4n) is 5.56. The fourth-order valence-corrected chi connectivity index (χ4v) is 5.56. The molecule has 1 unspecified atom stereocenters. The van der Waals surface area contributed by atoms with Crippen molar-refractivity contribution in [3.05, 3.63) is 83.4 Å². The van der Waals surface area contributed by atoms with Gasteiger partial charge in [0.1, 0.15) is 0 Å². The number of hydrogen-bond acceptors (Lipinski definition) is 4. The van der Waals surface area contributed by atoms with E-state index >= 15 is 0 Å². The molecule has 0 spiro atoms. The Morgan fingerprint density at radius 3 is 1.74 bits per heavy atom. The van der Waals surface area contributed by atoms with Gasteiger partial charge >= 0.3 is 0 Å². The van der Waals surface area contributed by atoms with Gasteiger partial charge in [0, 0.05) is 44.1 Å². The number of carbonyl (C=O) groups excluding carboxylic acids is 2. The molecule has 1 aliphatic rings. The van der Waals surface area contributed by atoms with Gasteiger partial charge in [-0.1, -0.05) is 66.2 Å². The lowest BCUT2D eigenvalue weighted by Gasteiger charge is -2.29. The number of nitrogens with zero attached hydrogens (tertiary/aromatic N) is 2. The van der Waals surface area contributed by atoms with Crippen LogP contribution >= 0.6 is 0 Å². The third-order valence-corrected chi connectivity index (χ3v) is 7.74. The average molecular weight is 535 g/mol. The Hall–Kier alpha value is -2.96. The topological polar surface area (TPSA) is 59.1 Å². The Labute approximate surface area is 235 Å². The summed E-state index contributed by atoms with van der Waals surface area (Å²) in [6, 6.07) is 20.3. The highest BCUT2D eigenvalue weighted by atomic mass is 16.5. The minimum Gasteiger partial charge on any atom is -0.376 e. The summed E-state index contributed by atoms with van der Waals surface area (Å²) in [4.78, 5) is 30.0. The van der Waals surface area contributed by atoms with E-state index in [4.69, 9.17) is 9.47 Å². The van der Waals surface area contributed by atoms with E-state index in [0.717, 1.165) is 23.1 Å². The van der Waals surface area contributed by atoms with Crippen molar-refractivity contribution in [1.82, 2.24) is 9.80 Å². The van der Waals surface area contributed by atoms with Gasteiger partial charge in [0.25, 0.3) is 0 Å². The summed E-state index contributed by atoms with van der Waals surface area (Å²) in [5.41, 5.74) is 2.97. The molecular formula is C33H46N2O4. The van der Waals surface area contributed by atoms with Crippen LogP contribution < -0.4 is 0 Å². The summed E-state index contributed by atoms with van der Waals surface area (Å²) in [6.07, 6.45) is 3.63. The second-order valence-electron chi connectivity index (χ2n) is 10.5. The lowest BCUT2D eigenvalue weighted by atomic mass is 9.86. The number of amides is 2. The van der Waals surface area contributed by atoms with Crippen molar-refractivity contribution in [3.63, 3.8) is 0 Å². The number of rotatable bonds is 15. The van der Waals surface area contributed by atoms with E-state index < -0.39 is 0 Å². The van der Waals surface area contributed by atoms with Crippen LogP contribution in [-0.2, 0) is 32.3 Å². The van der Waals surface area contributed by atoms with Crippen LogP contribution in [-0.4, -0.2) is 61.0 Å². The van der Waals surface area contributed by atoms with Crippen molar-refractivity contribution in [3.8, 4) is 0 Å². The first-order valence-electron chi connectivity index (χ1n) is 14.4. The van der Waals surface area contributed by atoms with Gasteiger partial charge in [-0.3, -0.25) is 9.59 Å². The highest BCUT2D eigenvalue weighted by molar-refractivity contribution is 5.88. The van der Waals surface area contributed by atoms with Crippen LogP contribution in [0.3, 0.4) is 0 Å². The van der Waals surface area contributed by atoms with Crippen molar-refractivity contribution in [2.24, 2.45) is 11.3 Å². The minimum absolute atomic E-state index is 0.0153. The molecule has 212 valence electrons. The van der Waals surface area contributed by atoms with Gasteiger partial charge in [0.2, 0.25) is 11.8 Å². The molecule has 0 N–H and O–H groups in total. The van der Waals surface area contributed by atoms with Crippen LogP contribution in [0.15, 0.2) is 72.3 Å². The van der Waals surface area contributed by atoms with E-state index in [1.165, 1.54) is 0 Å². The molecule has 1 atom stereocenters. The predicted molar refractivity (Wildman–Crippen MR) is 156 cm³/mol. The molecule has 0 aliphatic heterocycles. The van der Waals surface area contributed by atoms with Crippen molar-refractivity contribution >= 4 is 11.8 Å². The smallest absolute Gasteiger partial charge is 0.246 e. The van der Waals surface area contributed by atoms with Crippen LogP contribution in [0.4, 0.5) is 0 Å². The second kappa shape index (κ2) is 15.6. The standard InChI is InChI=1S/C33H46N2O4/c1-5-34(6-2)31(36)19-29-21-33(25-38-23-27-15-11-9-12-16-27,26-39-24-28-17-13-10-14-18-28)22-30(29)20-32(37)35(7-3)8-4/h9-19,30H,5-8,20-26H2,1-4H3/b29-19-. The fraction of sp³-hybridized carbons (Fsp3) is 0.515. The zero-order valence-electron chi connectivity index (χ0n) is 24.2. The van der Waals surface area contributed by atoms with E-state index in [-0.39, 0.29) is 23.1 Å². The maximum atomic E-state index is 13.2. The number of likely N-dealkylation sites (N-methyl/N-ethyl adjacent to an activating group) is 1. The molecule has 6 heteroatoms. The first-order chi connectivity index (χ1) is 18.9. The molecule has 3 rings (SSSR count). The Balaban J connectivity index is 1.84. The summed E-state index contributed by atoms with van der Waals surface area (Å²) in [5, 5.41) is 0. The van der Waals surface area contributed by atoms with Gasteiger partial charge in [-0.15, -0.1) is 0 Å². The van der Waals surface area contributed by atoms with Crippen molar-refractivity contribution < 1.29 is 19.1 Å². The Kier molecular flexibility index (Phi) is 12.2. The molecule has 0 saturated heterocycles. The molecule has 0 aromatic heterocycles. The SMILES string of the molecule is CCN(CC)C(=O)/C=C1/CC(COCc2ccccc2)(COCc2ccccc2)CC1CC(=O)N(CC)CC. The van der Waals surface area contributed by atoms with E-state index in [2.05, 4.69) is 24.3 Å². The Bertz CT molecular complexity index is 1000. The Morgan fingerprint density at radius 2 is 1.28 bits per heavy atom. The largest absolute Gasteiger partial charge is 0.376 e. The zero-order valence-corrected chi connectivity index (χ0v) is 24.2. The summed E-state index contributed by atoms with van der Waals surface area (Å²) < 4.78 is 12.6. The summed E-state index contributed by atoms with van der Waals surface area (Å²) >= 11 is 0. The maximum absolute atomic E-state index is 13.2. The van der Waals surface area contributed by atoms with Crippen LogP contribution in [0, 0.1) is 11.3 Å². The molecule has 0 bridgehead atoms. The van der Waals surface area contributed by atoms with Crippen molar-refractivity contribution in [1.29, 1.82) is 0 Å². The summed E-state index contributed by atoms with van der Waals surface area (Å²) in [6.45, 7) is 12.7. The molecule has 6 nitrogen and oxygen atoms in total. The monoisotopic (exact) mass is 534 g/mol. The van der Waals surface area contributed by atoms with Gasteiger partial charge in [0.15, 0.2) is 0 Å². The zero-order chi connectivity index (χ0) is 28.1. The van der Waals surface area contributed by atoms with Gasteiger partial charge in [-0.05, 0) is 57.6 Å². The van der Waals surface area contributed by atoms with Gasteiger partial charge in [-0.25, -0.2) is 0 Å². The van der Waals surface area contributed by atoms with Gasteiger partial charge in [0.05, 0.1) is 26.4 Å². The molecular weight excluding hydrogens is 488 g/mol. The molecule has 1 fully saturated rings. The van der Waals surface area contributed by atoms with Crippen molar-refractivity contribution in [2.75, 3.05) is 39.4 Å². The Morgan fingerprint density at radius 1 is 0.795 bits per heavy atom. The van der Waals surface area contributed by atoms with E-state index in [1.807, 2.05) is 73.9 Å². The number of hydrogen-bond donors (Lipinski definition) is 0. The molecule has 1 saturated carbocycles. The van der Waals surface area contributed by atoms with Gasteiger partial charge in [-0.2, -0.15) is 0 Å². The highest BCUT2D eigenvalue weighted by Crippen LogP contribution is 2.48. The van der Waals surface area contributed by atoms with E-state index in [0.29, 0.717) is 65.4 Å². The van der Waals surface area contributed by atoms with Gasteiger partial charge < -0.3 is 19.3 Å². The maximum Gasteiger partial charge on any atom is 0.246 e. The first-order valence-corrected chi connectivity index (χ1v) is 14.4. The molecule has 39 heavy (non-hydrogen) atoms. The number of carbonyl (C=O) groups is 2. The normalized spacial score (nSPS) is 17.3. The average Bonchev–Trinajstić information content (AvgIpc) is 3.27. The van der Waals surface area contributed by atoms with E-state index in [1.54, 1.807) is 6.08 Å². The van der Waals surface area contributed by atoms with E-state index in [9.17, 15) is 9.59 Å². The third-order valence-electron chi connectivity index (χ3n) is 7.74. The van der Waals surface area contributed by atoms with Crippen LogP contribution in [0.2, 0.25) is 0 Å². The molecule has 2 amide bonds. The second-order valence-corrected chi connectivity index (χ2v) is 10.5. The van der Waals surface area contributed by atoms with Crippen molar-refractivity contribution in [2.45, 2.75) is 60.2 Å². The lowest BCUT2D eigenvalue weighted by Crippen LogP contribution is -2.33. The quantitative estimate of drug-likeness (QED) is 0.268.